The lowest BCUT2D eigenvalue weighted by molar-refractivity contribution is -0.183. The molecule has 0 N–H and O–H groups in total. The van der Waals surface area contributed by atoms with E-state index in [1.165, 1.54) is 19.4 Å². The van der Waals surface area contributed by atoms with E-state index in [2.05, 4.69) is 46.7 Å². The maximum Gasteiger partial charge on any atom is 0.331 e. The van der Waals surface area contributed by atoms with Gasteiger partial charge in [0.1, 0.15) is 13.2 Å². The number of hydrogen-bond donors (Lipinski definition) is 0. The average molecular weight is 674 g/mol. The van der Waals surface area contributed by atoms with Crippen LogP contribution in [-0.4, -0.2) is 36.0 Å². The first-order chi connectivity index (χ1) is 22.9. The Balaban J connectivity index is 1.34. The standard InChI is InChI=1S/C41H55NO7/c1-26(43)48-25-39(6)32-14-17-41(8)34(38(32,5)16-15-33(39)42-49-27(2)44)31(45)22-29-30-23-37(4,19-18-36(30,3)20-21-40(29,41)7)35(46)47-24-28-12-10-9-11-13-28/h9-13,22,30,32,34H,14-21,23-25H2,1-8H3/b42-33+/t30-,32+,34+,36+,37-,38-,39-,40+,41+/m0/s1. The van der Waals surface area contributed by atoms with E-state index in [0.29, 0.717) is 12.8 Å². The number of benzene rings is 1. The number of carbonyl (C=O) groups excluding carboxylic acids is 4. The van der Waals surface area contributed by atoms with Gasteiger partial charge in [-0.2, -0.15) is 0 Å². The minimum Gasteiger partial charge on any atom is -0.465 e. The molecule has 5 aliphatic rings. The van der Waals surface area contributed by atoms with Crippen LogP contribution in [0.2, 0.25) is 0 Å². The van der Waals surface area contributed by atoms with E-state index in [0.717, 1.165) is 56.2 Å². The Morgan fingerprint density at radius 2 is 1.55 bits per heavy atom. The van der Waals surface area contributed by atoms with Crippen LogP contribution in [0.3, 0.4) is 0 Å². The highest BCUT2D eigenvalue weighted by Crippen LogP contribution is 2.75. The van der Waals surface area contributed by atoms with Crippen molar-refractivity contribution < 1.29 is 33.5 Å². The number of ketones is 1. The fourth-order valence-corrected chi connectivity index (χ4v) is 11.6. The number of carbonyl (C=O) groups is 4. The molecule has 1 aromatic carbocycles. The molecule has 9 atom stereocenters. The molecule has 8 nitrogen and oxygen atoms in total. The molecule has 1 aromatic rings. The monoisotopic (exact) mass is 673 g/mol. The molecule has 0 aromatic heterocycles. The first-order valence-electron chi connectivity index (χ1n) is 18.3. The number of allylic oxidation sites excluding steroid dienone is 2. The van der Waals surface area contributed by atoms with Crippen LogP contribution in [0.25, 0.3) is 0 Å². The molecule has 4 saturated carbocycles. The Hall–Kier alpha value is -3.29. The van der Waals surface area contributed by atoms with Gasteiger partial charge in [0.05, 0.1) is 11.1 Å². The van der Waals surface area contributed by atoms with Gasteiger partial charge in [0.25, 0.3) is 0 Å². The van der Waals surface area contributed by atoms with Crippen LogP contribution in [0.1, 0.15) is 119 Å². The second kappa shape index (κ2) is 12.2. The lowest BCUT2D eigenvalue weighted by Crippen LogP contribution is -2.67. The van der Waals surface area contributed by atoms with Crippen molar-refractivity contribution in [1.29, 1.82) is 0 Å². The van der Waals surface area contributed by atoms with Gasteiger partial charge in [-0.1, -0.05) is 75.7 Å². The summed E-state index contributed by atoms with van der Waals surface area (Å²) in [5, 5.41) is 4.31. The molecule has 0 spiro atoms. The molecule has 0 heterocycles. The zero-order valence-electron chi connectivity index (χ0n) is 30.8. The van der Waals surface area contributed by atoms with Gasteiger partial charge >= 0.3 is 17.9 Å². The summed E-state index contributed by atoms with van der Waals surface area (Å²) in [6.07, 6.45) is 9.42. The number of ether oxygens (including phenoxy) is 2. The molecule has 0 amide bonds. The number of hydrogen-bond acceptors (Lipinski definition) is 8. The normalized spacial score (nSPS) is 42.0. The van der Waals surface area contributed by atoms with Gasteiger partial charge in [0, 0.05) is 25.2 Å². The molecule has 266 valence electrons. The van der Waals surface area contributed by atoms with Crippen molar-refractivity contribution in [3.05, 3.63) is 47.5 Å². The van der Waals surface area contributed by atoms with Crippen molar-refractivity contribution in [3.63, 3.8) is 0 Å². The summed E-state index contributed by atoms with van der Waals surface area (Å²) in [6, 6.07) is 9.82. The molecule has 0 aliphatic heterocycles. The summed E-state index contributed by atoms with van der Waals surface area (Å²) in [4.78, 5) is 57.6. The van der Waals surface area contributed by atoms with Crippen LogP contribution >= 0.6 is 0 Å². The number of oxime groups is 1. The van der Waals surface area contributed by atoms with Gasteiger partial charge in [-0.25, -0.2) is 4.79 Å². The smallest absolute Gasteiger partial charge is 0.331 e. The first kappa shape index (κ1) is 35.5. The SMILES string of the molecule is CC(=O)OC[C@]1(C)/C(=N/OC(C)=O)CC[C@@]2(C)[C@H]1CC[C@]1(C)[C@@H]2C(=O)C=C2[C@@H]3C[C@@](C)(C(=O)OCc4ccccc4)CC[C@]3(C)CC[C@]21C. The minimum atomic E-state index is -0.683. The Bertz CT molecular complexity index is 1600. The summed E-state index contributed by atoms with van der Waals surface area (Å²) in [6.45, 7) is 16.6. The predicted molar refractivity (Wildman–Crippen MR) is 186 cm³/mol. The van der Waals surface area contributed by atoms with Crippen molar-refractivity contribution in [1.82, 2.24) is 0 Å². The second-order valence-electron chi connectivity index (χ2n) is 17.6. The zero-order chi connectivity index (χ0) is 35.6. The summed E-state index contributed by atoms with van der Waals surface area (Å²) < 4.78 is 11.6. The number of rotatable bonds is 6. The third kappa shape index (κ3) is 5.60. The minimum absolute atomic E-state index is 0.00537. The van der Waals surface area contributed by atoms with Crippen LogP contribution in [0, 0.1) is 50.2 Å². The molecule has 8 heteroatoms. The van der Waals surface area contributed by atoms with E-state index in [-0.39, 0.29) is 70.3 Å². The van der Waals surface area contributed by atoms with Crippen molar-refractivity contribution in [2.75, 3.05) is 6.61 Å². The van der Waals surface area contributed by atoms with Crippen LogP contribution in [0.15, 0.2) is 47.1 Å². The Kier molecular flexibility index (Phi) is 8.84. The van der Waals surface area contributed by atoms with Crippen molar-refractivity contribution >= 4 is 29.4 Å². The lowest BCUT2D eigenvalue weighted by Gasteiger charge is -2.70. The summed E-state index contributed by atoms with van der Waals surface area (Å²) >= 11 is 0. The molecular weight excluding hydrogens is 618 g/mol. The molecule has 49 heavy (non-hydrogen) atoms. The fourth-order valence-electron chi connectivity index (χ4n) is 11.6. The largest absolute Gasteiger partial charge is 0.465 e. The summed E-state index contributed by atoms with van der Waals surface area (Å²) in [5.41, 5.74) is 0.750. The van der Waals surface area contributed by atoms with Crippen molar-refractivity contribution in [2.24, 2.45) is 55.4 Å². The third-order valence-electron chi connectivity index (χ3n) is 14.7. The van der Waals surface area contributed by atoms with Gasteiger partial charge in [-0.15, -0.1) is 0 Å². The highest BCUT2D eigenvalue weighted by atomic mass is 16.7. The van der Waals surface area contributed by atoms with E-state index in [4.69, 9.17) is 14.3 Å². The summed E-state index contributed by atoms with van der Waals surface area (Å²) in [5.74, 6) is -0.948. The Morgan fingerprint density at radius 1 is 0.857 bits per heavy atom. The maximum atomic E-state index is 14.8. The molecule has 0 radical (unpaired) electrons. The van der Waals surface area contributed by atoms with Crippen LogP contribution in [-0.2, 0) is 40.1 Å². The Morgan fingerprint density at radius 3 is 2.22 bits per heavy atom. The van der Waals surface area contributed by atoms with Crippen LogP contribution in [0.5, 0.6) is 0 Å². The third-order valence-corrected chi connectivity index (χ3v) is 14.7. The molecule has 0 unspecified atom stereocenters. The highest BCUT2D eigenvalue weighted by Gasteiger charge is 2.70. The second-order valence-corrected chi connectivity index (χ2v) is 17.6. The molecule has 0 saturated heterocycles. The van der Waals surface area contributed by atoms with Crippen LogP contribution < -0.4 is 0 Å². The first-order valence-corrected chi connectivity index (χ1v) is 18.3. The van der Waals surface area contributed by atoms with E-state index in [1.807, 2.05) is 36.4 Å². The van der Waals surface area contributed by atoms with Gasteiger partial charge in [-0.3, -0.25) is 14.4 Å². The van der Waals surface area contributed by atoms with E-state index >= 15 is 0 Å². The molecule has 4 fully saturated rings. The Labute approximate surface area is 291 Å². The van der Waals surface area contributed by atoms with E-state index < -0.39 is 16.8 Å². The predicted octanol–water partition coefficient (Wildman–Crippen LogP) is 8.17. The van der Waals surface area contributed by atoms with Gasteiger partial charge in [0.2, 0.25) is 0 Å². The number of esters is 2. The number of nitrogens with zero attached hydrogens (tertiary/aromatic N) is 1. The topological polar surface area (TPSA) is 108 Å². The van der Waals surface area contributed by atoms with Crippen LogP contribution in [0.4, 0.5) is 0 Å². The van der Waals surface area contributed by atoms with Gasteiger partial charge in [-0.05, 0) is 110 Å². The average Bonchev–Trinajstić information content (AvgIpc) is 3.04. The maximum absolute atomic E-state index is 14.8. The molecule has 5 aliphatic carbocycles. The molecule has 0 bridgehead atoms. The summed E-state index contributed by atoms with van der Waals surface area (Å²) in [7, 11) is 0. The van der Waals surface area contributed by atoms with E-state index in [1.54, 1.807) is 0 Å². The van der Waals surface area contributed by atoms with Gasteiger partial charge < -0.3 is 14.3 Å². The lowest BCUT2D eigenvalue weighted by atomic mass is 9.33. The molecule has 6 rings (SSSR count). The highest BCUT2D eigenvalue weighted by molar-refractivity contribution is 5.97. The number of fused-ring (bicyclic) bond motifs is 7. The molecular formula is C41H55NO7. The van der Waals surface area contributed by atoms with Crippen molar-refractivity contribution in [3.8, 4) is 0 Å². The van der Waals surface area contributed by atoms with Gasteiger partial charge in [0.15, 0.2) is 5.78 Å². The zero-order valence-corrected chi connectivity index (χ0v) is 30.8. The fraction of sp³-hybridized carbons (Fsp3) is 0.683. The quantitative estimate of drug-likeness (QED) is 0.170. The van der Waals surface area contributed by atoms with E-state index in [9.17, 15) is 19.2 Å². The van der Waals surface area contributed by atoms with Crippen molar-refractivity contribution in [2.45, 2.75) is 120 Å².